The van der Waals surface area contributed by atoms with E-state index in [9.17, 15) is 4.79 Å². The lowest BCUT2D eigenvalue weighted by Crippen LogP contribution is -2.09. The molecule has 0 amide bonds. The van der Waals surface area contributed by atoms with Crippen molar-refractivity contribution in [2.24, 2.45) is 0 Å². The number of allylic oxidation sites excluding steroid dienone is 1. The number of ether oxygens (including phenoxy) is 3. The summed E-state index contributed by atoms with van der Waals surface area (Å²) in [5, 5.41) is 0. The summed E-state index contributed by atoms with van der Waals surface area (Å²) in [5.74, 6) is 2.08. The Labute approximate surface area is 155 Å². The standard InChI is InChI=1S/C22H26O4/c1-15(2)25-20-12-8-18(22(14-20)26-16(3)4)9-13-21(23)17-6-10-19(24-5)11-7-17/h6-16H,1-5H3/b13-9+. The summed E-state index contributed by atoms with van der Waals surface area (Å²) in [5.41, 5.74) is 1.44. The Kier molecular flexibility index (Phi) is 6.84. The third kappa shape index (κ3) is 5.66. The van der Waals surface area contributed by atoms with Gasteiger partial charge in [0.2, 0.25) is 0 Å². The zero-order valence-electron chi connectivity index (χ0n) is 16.0. The Bertz CT molecular complexity index is 758. The molecule has 0 aromatic heterocycles. The molecule has 0 bridgehead atoms. The van der Waals surface area contributed by atoms with Gasteiger partial charge in [0.25, 0.3) is 0 Å². The molecule has 4 nitrogen and oxygen atoms in total. The number of hydrogen-bond acceptors (Lipinski definition) is 4. The van der Waals surface area contributed by atoms with Crippen LogP contribution in [0, 0.1) is 0 Å². The van der Waals surface area contributed by atoms with Crippen LogP contribution >= 0.6 is 0 Å². The summed E-state index contributed by atoms with van der Waals surface area (Å²) in [6, 6.07) is 12.7. The van der Waals surface area contributed by atoms with E-state index >= 15 is 0 Å². The molecule has 138 valence electrons. The second-order valence-electron chi connectivity index (χ2n) is 6.46. The highest BCUT2D eigenvalue weighted by Crippen LogP contribution is 2.28. The number of carbonyl (C=O) groups excluding carboxylic acids is 1. The minimum Gasteiger partial charge on any atom is -0.497 e. The Morgan fingerprint density at radius 3 is 2.08 bits per heavy atom. The number of methoxy groups -OCH3 is 1. The first kappa shape index (κ1) is 19.6. The van der Waals surface area contributed by atoms with Gasteiger partial charge in [0.15, 0.2) is 5.78 Å². The van der Waals surface area contributed by atoms with Gasteiger partial charge < -0.3 is 14.2 Å². The maximum atomic E-state index is 12.4. The van der Waals surface area contributed by atoms with E-state index in [1.165, 1.54) is 0 Å². The van der Waals surface area contributed by atoms with Gasteiger partial charge in [-0.3, -0.25) is 4.79 Å². The highest BCUT2D eigenvalue weighted by atomic mass is 16.5. The van der Waals surface area contributed by atoms with Crippen LogP contribution in [0.15, 0.2) is 48.5 Å². The molecule has 0 aliphatic heterocycles. The molecule has 0 N–H and O–H groups in total. The smallest absolute Gasteiger partial charge is 0.185 e. The Hall–Kier alpha value is -2.75. The maximum absolute atomic E-state index is 12.4. The summed E-state index contributed by atoms with van der Waals surface area (Å²) in [7, 11) is 1.60. The van der Waals surface area contributed by atoms with Crippen molar-refractivity contribution in [1.82, 2.24) is 0 Å². The molecule has 0 saturated heterocycles. The summed E-state index contributed by atoms with van der Waals surface area (Å²) in [6.07, 6.45) is 3.42. The zero-order valence-corrected chi connectivity index (χ0v) is 16.0. The van der Waals surface area contributed by atoms with Crippen molar-refractivity contribution in [2.75, 3.05) is 7.11 Å². The van der Waals surface area contributed by atoms with Crippen LogP contribution in [0.3, 0.4) is 0 Å². The van der Waals surface area contributed by atoms with E-state index in [0.29, 0.717) is 11.3 Å². The molecule has 0 aliphatic carbocycles. The highest BCUT2D eigenvalue weighted by Gasteiger charge is 2.08. The summed E-state index contributed by atoms with van der Waals surface area (Å²) < 4.78 is 16.7. The van der Waals surface area contributed by atoms with Crippen molar-refractivity contribution in [3.05, 3.63) is 59.7 Å². The molecule has 0 heterocycles. The fraction of sp³-hybridized carbons (Fsp3) is 0.318. The van der Waals surface area contributed by atoms with E-state index in [1.807, 2.05) is 45.9 Å². The van der Waals surface area contributed by atoms with Crippen LogP contribution < -0.4 is 14.2 Å². The van der Waals surface area contributed by atoms with Gasteiger partial charge in [-0.25, -0.2) is 0 Å². The molecule has 4 heteroatoms. The van der Waals surface area contributed by atoms with Crippen LogP contribution in [0.2, 0.25) is 0 Å². The predicted octanol–water partition coefficient (Wildman–Crippen LogP) is 5.17. The zero-order chi connectivity index (χ0) is 19.1. The molecule has 2 aromatic carbocycles. The molecule has 0 aliphatic rings. The van der Waals surface area contributed by atoms with Crippen molar-refractivity contribution in [3.63, 3.8) is 0 Å². The van der Waals surface area contributed by atoms with Crippen LogP contribution in [-0.4, -0.2) is 25.1 Å². The minimum atomic E-state index is -0.0781. The second-order valence-corrected chi connectivity index (χ2v) is 6.46. The number of ketones is 1. The Balaban J connectivity index is 2.22. The highest BCUT2D eigenvalue weighted by molar-refractivity contribution is 6.07. The van der Waals surface area contributed by atoms with Gasteiger partial charge in [-0.1, -0.05) is 0 Å². The van der Waals surface area contributed by atoms with Gasteiger partial charge in [-0.05, 0) is 76.2 Å². The van der Waals surface area contributed by atoms with Crippen LogP contribution in [0.4, 0.5) is 0 Å². The molecule has 0 radical (unpaired) electrons. The first-order valence-corrected chi connectivity index (χ1v) is 8.73. The van der Waals surface area contributed by atoms with E-state index in [0.717, 1.165) is 17.1 Å². The van der Waals surface area contributed by atoms with Crippen LogP contribution in [0.25, 0.3) is 6.08 Å². The van der Waals surface area contributed by atoms with Crippen molar-refractivity contribution < 1.29 is 19.0 Å². The van der Waals surface area contributed by atoms with Crippen LogP contribution in [0.1, 0.15) is 43.6 Å². The van der Waals surface area contributed by atoms with E-state index in [2.05, 4.69) is 0 Å². The average molecular weight is 354 g/mol. The van der Waals surface area contributed by atoms with Gasteiger partial charge in [-0.2, -0.15) is 0 Å². The largest absolute Gasteiger partial charge is 0.497 e. The summed E-state index contributed by atoms with van der Waals surface area (Å²) in [4.78, 5) is 12.4. The molecule has 0 unspecified atom stereocenters. The Morgan fingerprint density at radius 2 is 1.50 bits per heavy atom. The van der Waals surface area contributed by atoms with Crippen molar-refractivity contribution >= 4 is 11.9 Å². The molecular formula is C22H26O4. The first-order chi connectivity index (χ1) is 12.4. The third-order valence-electron chi connectivity index (χ3n) is 3.51. The van der Waals surface area contributed by atoms with Crippen molar-refractivity contribution in [1.29, 1.82) is 0 Å². The summed E-state index contributed by atoms with van der Waals surface area (Å²) >= 11 is 0. The summed E-state index contributed by atoms with van der Waals surface area (Å²) in [6.45, 7) is 7.88. The number of hydrogen-bond donors (Lipinski definition) is 0. The van der Waals surface area contributed by atoms with Crippen LogP contribution in [0.5, 0.6) is 17.2 Å². The van der Waals surface area contributed by atoms with Gasteiger partial charge in [0.1, 0.15) is 17.2 Å². The molecule has 26 heavy (non-hydrogen) atoms. The molecule has 2 aromatic rings. The van der Waals surface area contributed by atoms with E-state index < -0.39 is 0 Å². The normalized spacial score (nSPS) is 11.2. The van der Waals surface area contributed by atoms with Gasteiger partial charge in [0.05, 0.1) is 19.3 Å². The fourth-order valence-electron chi connectivity index (χ4n) is 2.37. The second kappa shape index (κ2) is 9.09. The van der Waals surface area contributed by atoms with E-state index in [1.54, 1.807) is 43.5 Å². The fourth-order valence-corrected chi connectivity index (χ4v) is 2.37. The van der Waals surface area contributed by atoms with Crippen molar-refractivity contribution in [3.8, 4) is 17.2 Å². The molecule has 0 atom stereocenters. The third-order valence-corrected chi connectivity index (χ3v) is 3.51. The molecule has 0 fully saturated rings. The van der Waals surface area contributed by atoms with E-state index in [4.69, 9.17) is 14.2 Å². The Morgan fingerprint density at radius 1 is 0.885 bits per heavy atom. The quantitative estimate of drug-likeness (QED) is 0.485. The molecule has 2 rings (SSSR count). The molecule has 0 saturated carbocycles. The van der Waals surface area contributed by atoms with Crippen molar-refractivity contribution in [2.45, 2.75) is 39.9 Å². The van der Waals surface area contributed by atoms with E-state index in [-0.39, 0.29) is 18.0 Å². The van der Waals surface area contributed by atoms with Gasteiger partial charge in [-0.15, -0.1) is 0 Å². The lowest BCUT2D eigenvalue weighted by atomic mass is 10.1. The SMILES string of the molecule is COc1ccc(C(=O)/C=C/c2ccc(OC(C)C)cc2OC(C)C)cc1. The monoisotopic (exact) mass is 354 g/mol. The molecular weight excluding hydrogens is 328 g/mol. The molecule has 0 spiro atoms. The number of carbonyl (C=O) groups is 1. The maximum Gasteiger partial charge on any atom is 0.185 e. The average Bonchev–Trinajstić information content (AvgIpc) is 2.60. The lowest BCUT2D eigenvalue weighted by molar-refractivity contribution is 0.104. The van der Waals surface area contributed by atoms with Crippen LogP contribution in [-0.2, 0) is 0 Å². The van der Waals surface area contributed by atoms with Gasteiger partial charge >= 0.3 is 0 Å². The first-order valence-electron chi connectivity index (χ1n) is 8.73. The van der Waals surface area contributed by atoms with Gasteiger partial charge in [0, 0.05) is 17.2 Å². The topological polar surface area (TPSA) is 44.8 Å². The predicted molar refractivity (Wildman–Crippen MR) is 104 cm³/mol. The number of rotatable bonds is 8. The lowest BCUT2D eigenvalue weighted by Gasteiger charge is -2.16. The minimum absolute atomic E-state index is 0.0220. The number of benzene rings is 2.